The number of benzene rings is 1. The first-order chi connectivity index (χ1) is 6.95. The van der Waals surface area contributed by atoms with Crippen molar-refractivity contribution >= 4 is 11.9 Å². The van der Waals surface area contributed by atoms with Crippen LogP contribution in [-0.2, 0) is 11.0 Å². The highest BCUT2D eigenvalue weighted by Crippen LogP contribution is 2.29. The van der Waals surface area contributed by atoms with E-state index in [0.717, 1.165) is 12.1 Å². The van der Waals surface area contributed by atoms with E-state index >= 15 is 0 Å². The SMILES string of the molecule is C/C(=C\C=O)c1ccc(C(F)(F)F)cc1. The van der Waals surface area contributed by atoms with Crippen molar-refractivity contribution in [3.05, 3.63) is 41.5 Å². The van der Waals surface area contributed by atoms with Crippen LogP contribution < -0.4 is 0 Å². The van der Waals surface area contributed by atoms with Gasteiger partial charge in [-0.1, -0.05) is 12.1 Å². The minimum atomic E-state index is -4.32. The lowest BCUT2D eigenvalue weighted by Gasteiger charge is -2.07. The van der Waals surface area contributed by atoms with E-state index < -0.39 is 11.7 Å². The molecule has 1 nitrogen and oxygen atoms in total. The van der Waals surface area contributed by atoms with Crippen LogP contribution in [0.15, 0.2) is 30.3 Å². The Morgan fingerprint density at radius 3 is 2.13 bits per heavy atom. The third-order valence-electron chi connectivity index (χ3n) is 1.99. The van der Waals surface area contributed by atoms with Gasteiger partial charge in [0.05, 0.1) is 5.56 Å². The Kier molecular flexibility index (Phi) is 3.29. The molecule has 0 spiro atoms. The monoisotopic (exact) mass is 214 g/mol. The number of carbonyl (C=O) groups is 1. The quantitative estimate of drug-likeness (QED) is 0.545. The Balaban J connectivity index is 3.00. The van der Waals surface area contributed by atoms with Gasteiger partial charge in [0.1, 0.15) is 6.29 Å². The van der Waals surface area contributed by atoms with Crippen molar-refractivity contribution in [1.82, 2.24) is 0 Å². The van der Waals surface area contributed by atoms with E-state index in [1.54, 1.807) is 6.92 Å². The van der Waals surface area contributed by atoms with Gasteiger partial charge in [0, 0.05) is 0 Å². The number of aldehydes is 1. The van der Waals surface area contributed by atoms with Crippen LogP contribution in [0.2, 0.25) is 0 Å². The van der Waals surface area contributed by atoms with Gasteiger partial charge in [-0.15, -0.1) is 0 Å². The Labute approximate surface area is 85.2 Å². The molecule has 0 aliphatic heterocycles. The van der Waals surface area contributed by atoms with Crippen molar-refractivity contribution in [3.8, 4) is 0 Å². The maximum Gasteiger partial charge on any atom is 0.416 e. The van der Waals surface area contributed by atoms with Crippen LogP contribution in [0.25, 0.3) is 5.57 Å². The largest absolute Gasteiger partial charge is 0.416 e. The molecule has 0 bridgehead atoms. The average molecular weight is 214 g/mol. The minimum absolute atomic E-state index is 0.604. The van der Waals surface area contributed by atoms with Gasteiger partial charge < -0.3 is 0 Å². The molecular formula is C11H9F3O. The van der Waals surface area contributed by atoms with Gasteiger partial charge in [-0.05, 0) is 36.3 Å². The fraction of sp³-hybridized carbons (Fsp3) is 0.182. The molecular weight excluding hydrogens is 205 g/mol. The molecule has 1 aromatic rings. The standard InChI is InChI=1S/C11H9F3O/c1-8(6-7-15)9-2-4-10(5-3-9)11(12,13)14/h2-7H,1H3/b8-6+. The number of carbonyl (C=O) groups excluding carboxylic acids is 1. The highest BCUT2D eigenvalue weighted by Gasteiger charge is 2.29. The third-order valence-corrected chi connectivity index (χ3v) is 1.99. The topological polar surface area (TPSA) is 17.1 Å². The smallest absolute Gasteiger partial charge is 0.299 e. The van der Waals surface area contributed by atoms with Crippen molar-refractivity contribution < 1.29 is 18.0 Å². The van der Waals surface area contributed by atoms with Gasteiger partial charge >= 0.3 is 6.18 Å². The van der Waals surface area contributed by atoms with Crippen molar-refractivity contribution in [2.75, 3.05) is 0 Å². The second-order valence-corrected chi connectivity index (χ2v) is 3.06. The second-order valence-electron chi connectivity index (χ2n) is 3.06. The summed E-state index contributed by atoms with van der Waals surface area (Å²) >= 11 is 0. The number of rotatable bonds is 2. The van der Waals surface area contributed by atoms with E-state index in [0.29, 0.717) is 17.4 Å². The van der Waals surface area contributed by atoms with Crippen LogP contribution in [0.5, 0.6) is 0 Å². The average Bonchev–Trinajstić information content (AvgIpc) is 2.17. The maximum absolute atomic E-state index is 12.2. The number of halogens is 3. The molecule has 0 heterocycles. The van der Waals surface area contributed by atoms with Crippen molar-refractivity contribution in [2.45, 2.75) is 13.1 Å². The van der Waals surface area contributed by atoms with E-state index in [1.165, 1.54) is 18.2 Å². The molecule has 0 atom stereocenters. The van der Waals surface area contributed by atoms with Crippen molar-refractivity contribution in [3.63, 3.8) is 0 Å². The predicted octanol–water partition coefficient (Wildman–Crippen LogP) is 3.31. The third kappa shape index (κ3) is 2.94. The van der Waals surface area contributed by atoms with Crippen LogP contribution in [-0.4, -0.2) is 6.29 Å². The van der Waals surface area contributed by atoms with Gasteiger partial charge in [-0.25, -0.2) is 0 Å². The van der Waals surface area contributed by atoms with Crippen LogP contribution in [0, 0.1) is 0 Å². The number of hydrogen-bond donors (Lipinski definition) is 0. The molecule has 80 valence electrons. The fourth-order valence-corrected chi connectivity index (χ4v) is 1.12. The normalized spacial score (nSPS) is 12.7. The summed E-state index contributed by atoms with van der Waals surface area (Å²) < 4.78 is 36.6. The first kappa shape index (κ1) is 11.5. The zero-order chi connectivity index (χ0) is 11.5. The molecule has 0 saturated heterocycles. The predicted molar refractivity (Wildman–Crippen MR) is 51.2 cm³/mol. The van der Waals surface area contributed by atoms with Crippen LogP contribution in [0.3, 0.4) is 0 Å². The Morgan fingerprint density at radius 1 is 1.20 bits per heavy atom. The van der Waals surface area contributed by atoms with Gasteiger partial charge in [0.25, 0.3) is 0 Å². The van der Waals surface area contributed by atoms with Crippen LogP contribution >= 0.6 is 0 Å². The molecule has 0 fully saturated rings. The van der Waals surface area contributed by atoms with Gasteiger partial charge in [-0.2, -0.15) is 13.2 Å². The molecule has 0 amide bonds. The Bertz CT molecular complexity index is 374. The summed E-state index contributed by atoms with van der Waals surface area (Å²) in [6.07, 6.45) is -2.41. The summed E-state index contributed by atoms with van der Waals surface area (Å²) in [4.78, 5) is 10.2. The van der Waals surface area contributed by atoms with E-state index in [4.69, 9.17) is 0 Å². The lowest BCUT2D eigenvalue weighted by atomic mass is 10.1. The molecule has 0 aliphatic rings. The molecule has 1 aromatic carbocycles. The molecule has 0 radical (unpaired) electrons. The summed E-state index contributed by atoms with van der Waals surface area (Å²) in [5.74, 6) is 0. The summed E-state index contributed by atoms with van der Waals surface area (Å²) in [6, 6.07) is 4.69. The fourth-order valence-electron chi connectivity index (χ4n) is 1.12. The minimum Gasteiger partial charge on any atom is -0.299 e. The Hall–Kier alpha value is -1.58. The van der Waals surface area contributed by atoms with Gasteiger partial charge in [0.15, 0.2) is 0 Å². The molecule has 1 rings (SSSR count). The zero-order valence-corrected chi connectivity index (χ0v) is 8.01. The summed E-state index contributed by atoms with van der Waals surface area (Å²) in [5.41, 5.74) is 0.555. The van der Waals surface area contributed by atoms with Gasteiger partial charge in [-0.3, -0.25) is 4.79 Å². The van der Waals surface area contributed by atoms with E-state index in [9.17, 15) is 18.0 Å². The van der Waals surface area contributed by atoms with Crippen molar-refractivity contribution in [2.24, 2.45) is 0 Å². The highest BCUT2D eigenvalue weighted by atomic mass is 19.4. The second kappa shape index (κ2) is 4.29. The first-order valence-electron chi connectivity index (χ1n) is 4.25. The van der Waals surface area contributed by atoms with Crippen LogP contribution in [0.4, 0.5) is 13.2 Å². The van der Waals surface area contributed by atoms with E-state index in [-0.39, 0.29) is 0 Å². The number of alkyl halides is 3. The number of hydrogen-bond acceptors (Lipinski definition) is 1. The lowest BCUT2D eigenvalue weighted by Crippen LogP contribution is -2.04. The molecule has 0 unspecified atom stereocenters. The molecule has 0 aliphatic carbocycles. The molecule has 4 heteroatoms. The zero-order valence-electron chi connectivity index (χ0n) is 8.01. The van der Waals surface area contributed by atoms with E-state index in [1.807, 2.05) is 0 Å². The summed E-state index contributed by atoms with van der Waals surface area (Å²) in [5, 5.41) is 0. The Morgan fingerprint density at radius 2 is 1.73 bits per heavy atom. The molecule has 0 aromatic heterocycles. The number of allylic oxidation sites excluding steroid dienone is 2. The van der Waals surface area contributed by atoms with E-state index in [2.05, 4.69) is 0 Å². The molecule has 0 saturated carbocycles. The van der Waals surface area contributed by atoms with Crippen LogP contribution in [0.1, 0.15) is 18.1 Å². The van der Waals surface area contributed by atoms with Gasteiger partial charge in [0.2, 0.25) is 0 Å². The highest BCUT2D eigenvalue weighted by molar-refractivity contribution is 5.80. The first-order valence-corrected chi connectivity index (χ1v) is 4.25. The molecule has 0 N–H and O–H groups in total. The summed E-state index contributed by atoms with van der Waals surface area (Å²) in [7, 11) is 0. The molecule has 15 heavy (non-hydrogen) atoms. The lowest BCUT2D eigenvalue weighted by molar-refractivity contribution is -0.137. The van der Waals surface area contributed by atoms with Crippen molar-refractivity contribution in [1.29, 1.82) is 0 Å². The summed E-state index contributed by atoms with van der Waals surface area (Å²) in [6.45, 7) is 1.66. The maximum atomic E-state index is 12.2.